The van der Waals surface area contributed by atoms with E-state index >= 15 is 0 Å². The van der Waals surface area contributed by atoms with Crippen molar-refractivity contribution in [3.8, 4) is 0 Å². The van der Waals surface area contributed by atoms with Gasteiger partial charge in [0.15, 0.2) is 0 Å². The van der Waals surface area contributed by atoms with Crippen LogP contribution in [0.5, 0.6) is 0 Å². The molecule has 17 heavy (non-hydrogen) atoms. The van der Waals surface area contributed by atoms with Crippen LogP contribution in [0.3, 0.4) is 0 Å². The summed E-state index contributed by atoms with van der Waals surface area (Å²) in [6.45, 7) is 8.78. The Morgan fingerprint density at radius 2 is 2.06 bits per heavy atom. The lowest BCUT2D eigenvalue weighted by atomic mass is 9.95. The summed E-state index contributed by atoms with van der Waals surface area (Å²) in [5.41, 5.74) is 5.75. The van der Waals surface area contributed by atoms with Crippen molar-refractivity contribution in [1.82, 2.24) is 4.90 Å². The summed E-state index contributed by atoms with van der Waals surface area (Å²) < 4.78 is 0. The third-order valence-electron chi connectivity index (χ3n) is 3.37. The largest absolute Gasteiger partial charge is 0.342 e. The predicted molar refractivity (Wildman–Crippen MR) is 71.6 cm³/mol. The van der Waals surface area contributed by atoms with Gasteiger partial charge >= 0.3 is 0 Å². The average molecular weight is 240 g/mol. The summed E-state index contributed by atoms with van der Waals surface area (Å²) in [6.07, 6.45) is 4.55. The Bertz CT molecular complexity index is 236. The van der Waals surface area contributed by atoms with Crippen LogP contribution in [0.25, 0.3) is 0 Å². The van der Waals surface area contributed by atoms with E-state index in [0.717, 1.165) is 31.8 Å². The second kappa shape index (κ2) is 7.00. The van der Waals surface area contributed by atoms with E-state index in [1.54, 1.807) is 0 Å². The average Bonchev–Trinajstić information content (AvgIpc) is 3.08. The number of amides is 1. The van der Waals surface area contributed by atoms with E-state index in [0.29, 0.717) is 12.5 Å². The molecule has 0 aliphatic heterocycles. The zero-order valence-electron chi connectivity index (χ0n) is 11.6. The minimum atomic E-state index is 0.0281. The first-order valence-electron chi connectivity index (χ1n) is 7.07. The van der Waals surface area contributed by atoms with Crippen LogP contribution in [0.15, 0.2) is 0 Å². The molecule has 0 bridgehead atoms. The molecule has 0 heterocycles. The summed E-state index contributed by atoms with van der Waals surface area (Å²) in [5, 5.41) is 0. The van der Waals surface area contributed by atoms with Gasteiger partial charge in [0.05, 0.1) is 5.92 Å². The molecule has 2 N–H and O–H groups in total. The maximum absolute atomic E-state index is 12.4. The number of rotatable bonds is 8. The zero-order chi connectivity index (χ0) is 12.8. The van der Waals surface area contributed by atoms with E-state index in [1.165, 1.54) is 12.8 Å². The monoisotopic (exact) mass is 240 g/mol. The standard InChI is InChI=1S/C14H28N2O/c1-4-7-16(10-12-5-6-12)14(17)13(9-15)8-11(2)3/h11-13H,4-10,15H2,1-3H3. The number of carbonyl (C=O) groups excluding carboxylic acids is 1. The first kappa shape index (κ1) is 14.5. The van der Waals surface area contributed by atoms with Crippen LogP contribution in [-0.4, -0.2) is 30.4 Å². The molecule has 3 nitrogen and oxygen atoms in total. The Balaban J connectivity index is 2.52. The molecule has 1 aliphatic rings. The minimum absolute atomic E-state index is 0.0281. The first-order valence-corrected chi connectivity index (χ1v) is 7.07. The SMILES string of the molecule is CCCN(CC1CC1)C(=O)C(CN)CC(C)C. The van der Waals surface area contributed by atoms with Gasteiger partial charge in [-0.2, -0.15) is 0 Å². The normalized spacial score (nSPS) is 17.2. The molecule has 0 aromatic heterocycles. The van der Waals surface area contributed by atoms with Crippen LogP contribution in [0.1, 0.15) is 46.5 Å². The highest BCUT2D eigenvalue weighted by molar-refractivity contribution is 5.79. The summed E-state index contributed by atoms with van der Waals surface area (Å²) in [4.78, 5) is 14.5. The topological polar surface area (TPSA) is 46.3 Å². The van der Waals surface area contributed by atoms with Crippen molar-refractivity contribution in [3.63, 3.8) is 0 Å². The molecule has 1 atom stereocenters. The van der Waals surface area contributed by atoms with Gasteiger partial charge in [-0.25, -0.2) is 0 Å². The fourth-order valence-corrected chi connectivity index (χ4v) is 2.30. The molecule has 3 heteroatoms. The van der Waals surface area contributed by atoms with E-state index in [4.69, 9.17) is 5.73 Å². The van der Waals surface area contributed by atoms with Crippen LogP contribution in [0, 0.1) is 17.8 Å². The summed E-state index contributed by atoms with van der Waals surface area (Å²) in [7, 11) is 0. The van der Waals surface area contributed by atoms with Crippen molar-refractivity contribution in [2.45, 2.75) is 46.5 Å². The number of nitrogens with zero attached hydrogens (tertiary/aromatic N) is 1. The van der Waals surface area contributed by atoms with Crippen LogP contribution in [0.4, 0.5) is 0 Å². The zero-order valence-corrected chi connectivity index (χ0v) is 11.6. The number of hydrogen-bond donors (Lipinski definition) is 1. The summed E-state index contributed by atoms with van der Waals surface area (Å²) in [6, 6.07) is 0. The molecule has 1 fully saturated rings. The molecular formula is C14H28N2O. The Hall–Kier alpha value is -0.570. The molecule has 1 unspecified atom stereocenters. The van der Waals surface area contributed by atoms with Gasteiger partial charge in [0, 0.05) is 19.6 Å². The predicted octanol–water partition coefficient (Wildman–Crippen LogP) is 2.26. The highest BCUT2D eigenvalue weighted by Gasteiger charge is 2.29. The van der Waals surface area contributed by atoms with E-state index in [2.05, 4.69) is 25.7 Å². The van der Waals surface area contributed by atoms with Gasteiger partial charge in [-0.05, 0) is 37.5 Å². The quantitative estimate of drug-likeness (QED) is 0.707. The van der Waals surface area contributed by atoms with Gasteiger partial charge in [0.2, 0.25) is 5.91 Å². The van der Waals surface area contributed by atoms with Crippen molar-refractivity contribution in [1.29, 1.82) is 0 Å². The molecule has 0 saturated heterocycles. The fourth-order valence-electron chi connectivity index (χ4n) is 2.30. The molecular weight excluding hydrogens is 212 g/mol. The van der Waals surface area contributed by atoms with Crippen molar-refractivity contribution in [3.05, 3.63) is 0 Å². The molecule has 1 rings (SSSR count). The molecule has 0 aromatic carbocycles. The van der Waals surface area contributed by atoms with Crippen LogP contribution >= 0.6 is 0 Å². The van der Waals surface area contributed by atoms with E-state index in [-0.39, 0.29) is 11.8 Å². The molecule has 1 saturated carbocycles. The van der Waals surface area contributed by atoms with Gasteiger partial charge in [-0.3, -0.25) is 4.79 Å². The Morgan fingerprint density at radius 3 is 2.47 bits per heavy atom. The van der Waals surface area contributed by atoms with E-state index in [9.17, 15) is 4.79 Å². The van der Waals surface area contributed by atoms with E-state index < -0.39 is 0 Å². The van der Waals surface area contributed by atoms with Crippen LogP contribution in [-0.2, 0) is 4.79 Å². The molecule has 0 radical (unpaired) electrons. The van der Waals surface area contributed by atoms with Crippen LogP contribution < -0.4 is 5.73 Å². The van der Waals surface area contributed by atoms with Gasteiger partial charge in [-0.15, -0.1) is 0 Å². The molecule has 1 amide bonds. The van der Waals surface area contributed by atoms with Crippen molar-refractivity contribution >= 4 is 5.91 Å². The van der Waals surface area contributed by atoms with Crippen molar-refractivity contribution in [2.75, 3.05) is 19.6 Å². The molecule has 0 aromatic rings. The second-order valence-corrected chi connectivity index (χ2v) is 5.79. The van der Waals surface area contributed by atoms with Gasteiger partial charge in [0.1, 0.15) is 0 Å². The lowest BCUT2D eigenvalue weighted by Gasteiger charge is -2.27. The highest BCUT2D eigenvalue weighted by Crippen LogP contribution is 2.30. The minimum Gasteiger partial charge on any atom is -0.342 e. The number of carbonyl (C=O) groups is 1. The molecule has 0 spiro atoms. The fraction of sp³-hybridized carbons (Fsp3) is 0.929. The van der Waals surface area contributed by atoms with Gasteiger partial charge in [-0.1, -0.05) is 20.8 Å². The van der Waals surface area contributed by atoms with Gasteiger partial charge < -0.3 is 10.6 Å². The molecule has 100 valence electrons. The summed E-state index contributed by atoms with van der Waals surface area (Å²) in [5.74, 6) is 1.62. The van der Waals surface area contributed by atoms with Gasteiger partial charge in [0.25, 0.3) is 0 Å². The third kappa shape index (κ3) is 5.07. The van der Waals surface area contributed by atoms with Crippen molar-refractivity contribution in [2.24, 2.45) is 23.5 Å². The Morgan fingerprint density at radius 1 is 1.41 bits per heavy atom. The van der Waals surface area contributed by atoms with E-state index in [1.807, 2.05) is 0 Å². The molecule has 1 aliphatic carbocycles. The van der Waals surface area contributed by atoms with Crippen LogP contribution in [0.2, 0.25) is 0 Å². The number of nitrogens with two attached hydrogens (primary N) is 1. The first-order chi connectivity index (χ1) is 8.08. The maximum Gasteiger partial charge on any atom is 0.226 e. The van der Waals surface area contributed by atoms with Crippen molar-refractivity contribution < 1.29 is 4.79 Å². The second-order valence-electron chi connectivity index (χ2n) is 5.79. The lowest BCUT2D eigenvalue weighted by molar-refractivity contribution is -0.136. The number of hydrogen-bond acceptors (Lipinski definition) is 2. The highest BCUT2D eigenvalue weighted by atomic mass is 16.2. The summed E-state index contributed by atoms with van der Waals surface area (Å²) >= 11 is 0. The smallest absolute Gasteiger partial charge is 0.226 e. The maximum atomic E-state index is 12.4. The Kier molecular flexibility index (Phi) is 5.96. The lowest BCUT2D eigenvalue weighted by Crippen LogP contribution is -2.41. The Labute approximate surface area is 106 Å². The third-order valence-corrected chi connectivity index (χ3v) is 3.37.